The van der Waals surface area contributed by atoms with E-state index in [1.54, 1.807) is 7.11 Å². The van der Waals surface area contributed by atoms with Crippen molar-refractivity contribution < 1.29 is 14.3 Å². The van der Waals surface area contributed by atoms with E-state index in [-0.39, 0.29) is 11.2 Å². The van der Waals surface area contributed by atoms with Gasteiger partial charge in [-0.3, -0.25) is 9.69 Å². The maximum atomic E-state index is 12.7. The highest BCUT2D eigenvalue weighted by atomic mass is 16.5. The number of morpholine rings is 1. The van der Waals surface area contributed by atoms with E-state index in [4.69, 9.17) is 9.47 Å². The molecule has 4 heteroatoms. The molecule has 22 heavy (non-hydrogen) atoms. The minimum atomic E-state index is -0.0625. The van der Waals surface area contributed by atoms with Crippen molar-refractivity contribution in [1.29, 1.82) is 0 Å². The molecule has 0 aliphatic carbocycles. The normalized spacial score (nSPS) is 16.6. The van der Waals surface area contributed by atoms with Crippen molar-refractivity contribution in [1.82, 2.24) is 4.90 Å². The molecule has 1 heterocycles. The molecule has 1 aromatic rings. The number of carbonyl (C=O) groups excluding carboxylic acids is 1. The Labute approximate surface area is 133 Å². The average molecular weight is 305 g/mol. The second-order valence-electron chi connectivity index (χ2n) is 6.93. The Bertz CT molecular complexity index is 540. The van der Waals surface area contributed by atoms with Gasteiger partial charge in [0.1, 0.15) is 5.75 Å². The number of hydrogen-bond donors (Lipinski definition) is 0. The molecule has 0 saturated carbocycles. The van der Waals surface area contributed by atoms with Crippen molar-refractivity contribution in [2.45, 2.75) is 33.1 Å². The van der Waals surface area contributed by atoms with Crippen molar-refractivity contribution in [3.05, 3.63) is 28.8 Å². The number of hydrogen-bond acceptors (Lipinski definition) is 4. The zero-order valence-electron chi connectivity index (χ0n) is 14.4. The van der Waals surface area contributed by atoms with E-state index in [0.717, 1.165) is 35.5 Å². The Morgan fingerprint density at radius 1 is 1.27 bits per heavy atom. The summed E-state index contributed by atoms with van der Waals surface area (Å²) < 4.78 is 10.8. The lowest BCUT2D eigenvalue weighted by atomic mass is 9.84. The van der Waals surface area contributed by atoms with E-state index in [9.17, 15) is 4.79 Å². The number of rotatable bonds is 4. The lowest BCUT2D eigenvalue weighted by Gasteiger charge is -2.27. The zero-order chi connectivity index (χ0) is 16.3. The first-order chi connectivity index (χ1) is 10.3. The largest absolute Gasteiger partial charge is 0.496 e. The summed E-state index contributed by atoms with van der Waals surface area (Å²) in [6, 6.07) is 3.99. The number of ketones is 1. The van der Waals surface area contributed by atoms with Gasteiger partial charge in [0.15, 0.2) is 5.78 Å². The van der Waals surface area contributed by atoms with Gasteiger partial charge in [-0.25, -0.2) is 0 Å². The number of carbonyl (C=O) groups is 1. The van der Waals surface area contributed by atoms with E-state index in [1.807, 2.05) is 19.1 Å². The molecule has 0 atom stereocenters. The molecular weight excluding hydrogens is 278 g/mol. The number of Topliss-reactive ketones (excluding diaryl/α,β-unsaturated/α-hetero) is 1. The second-order valence-corrected chi connectivity index (χ2v) is 6.93. The predicted molar refractivity (Wildman–Crippen MR) is 88.0 cm³/mol. The van der Waals surface area contributed by atoms with E-state index in [2.05, 4.69) is 25.7 Å². The van der Waals surface area contributed by atoms with Crippen LogP contribution in [0, 0.1) is 6.92 Å². The van der Waals surface area contributed by atoms with E-state index >= 15 is 0 Å². The number of methoxy groups -OCH3 is 1. The van der Waals surface area contributed by atoms with E-state index < -0.39 is 0 Å². The van der Waals surface area contributed by atoms with Gasteiger partial charge in [-0.05, 0) is 30.0 Å². The molecule has 0 aromatic heterocycles. The van der Waals surface area contributed by atoms with Crippen LogP contribution in [0.25, 0.3) is 0 Å². The van der Waals surface area contributed by atoms with Crippen LogP contribution in [0.2, 0.25) is 0 Å². The highest BCUT2D eigenvalue weighted by Crippen LogP contribution is 2.33. The van der Waals surface area contributed by atoms with Gasteiger partial charge in [0.25, 0.3) is 0 Å². The molecule has 1 aliphatic heterocycles. The summed E-state index contributed by atoms with van der Waals surface area (Å²) in [6.07, 6.45) is 0. The lowest BCUT2D eigenvalue weighted by molar-refractivity contribution is 0.0371. The van der Waals surface area contributed by atoms with Crippen LogP contribution in [-0.2, 0) is 10.2 Å². The van der Waals surface area contributed by atoms with Gasteiger partial charge in [-0.1, -0.05) is 20.8 Å². The van der Waals surface area contributed by atoms with Crippen LogP contribution in [0.4, 0.5) is 0 Å². The van der Waals surface area contributed by atoms with Crippen molar-refractivity contribution in [2.24, 2.45) is 0 Å². The molecule has 0 N–H and O–H groups in total. The van der Waals surface area contributed by atoms with Crippen LogP contribution < -0.4 is 4.74 Å². The van der Waals surface area contributed by atoms with Crippen LogP contribution in [0.3, 0.4) is 0 Å². The fourth-order valence-electron chi connectivity index (χ4n) is 2.78. The molecule has 0 unspecified atom stereocenters. The Kier molecular flexibility index (Phi) is 5.24. The lowest BCUT2D eigenvalue weighted by Crippen LogP contribution is -2.39. The third-order valence-electron chi connectivity index (χ3n) is 4.13. The first-order valence-electron chi connectivity index (χ1n) is 7.85. The third kappa shape index (κ3) is 3.87. The number of ether oxygens (including phenoxy) is 2. The molecule has 2 rings (SSSR count). The number of benzene rings is 1. The Morgan fingerprint density at radius 2 is 1.91 bits per heavy atom. The van der Waals surface area contributed by atoms with Crippen molar-refractivity contribution >= 4 is 5.78 Å². The molecule has 0 spiro atoms. The molecule has 1 aliphatic rings. The van der Waals surface area contributed by atoms with E-state index in [0.29, 0.717) is 19.8 Å². The van der Waals surface area contributed by atoms with E-state index in [1.165, 1.54) is 0 Å². The summed E-state index contributed by atoms with van der Waals surface area (Å²) in [5, 5.41) is 0. The minimum absolute atomic E-state index is 0.0625. The molecule has 0 bridgehead atoms. The summed E-state index contributed by atoms with van der Waals surface area (Å²) in [5.41, 5.74) is 2.79. The standard InChI is InChI=1S/C18H27NO3/c1-13-10-17(21-5)15(18(2,3)4)11-14(13)16(20)12-19-6-8-22-9-7-19/h10-11H,6-9,12H2,1-5H3. The van der Waals surface area contributed by atoms with Crippen LogP contribution in [0.1, 0.15) is 42.3 Å². The molecule has 1 aromatic carbocycles. The molecule has 122 valence electrons. The summed E-state index contributed by atoms with van der Waals surface area (Å²) in [5.74, 6) is 1.03. The van der Waals surface area contributed by atoms with Crippen LogP contribution in [0.5, 0.6) is 5.75 Å². The van der Waals surface area contributed by atoms with Crippen molar-refractivity contribution in [3.63, 3.8) is 0 Å². The number of aryl methyl sites for hydroxylation is 1. The molecular formula is C18H27NO3. The summed E-state index contributed by atoms with van der Waals surface area (Å²) in [6.45, 7) is 11.9. The Balaban J connectivity index is 2.27. The zero-order valence-corrected chi connectivity index (χ0v) is 14.4. The second kappa shape index (κ2) is 6.80. The van der Waals surface area contributed by atoms with Crippen molar-refractivity contribution in [2.75, 3.05) is 40.0 Å². The van der Waals surface area contributed by atoms with Gasteiger partial charge < -0.3 is 9.47 Å². The van der Waals surface area contributed by atoms with Gasteiger partial charge in [-0.2, -0.15) is 0 Å². The molecule has 0 radical (unpaired) electrons. The minimum Gasteiger partial charge on any atom is -0.496 e. The third-order valence-corrected chi connectivity index (χ3v) is 4.13. The van der Waals surface area contributed by atoms with Gasteiger partial charge in [0.2, 0.25) is 0 Å². The molecule has 1 fully saturated rings. The van der Waals surface area contributed by atoms with Gasteiger partial charge >= 0.3 is 0 Å². The summed E-state index contributed by atoms with van der Waals surface area (Å²) >= 11 is 0. The average Bonchev–Trinajstić information content (AvgIpc) is 2.46. The topological polar surface area (TPSA) is 38.8 Å². The smallest absolute Gasteiger partial charge is 0.177 e. The quantitative estimate of drug-likeness (QED) is 0.802. The van der Waals surface area contributed by atoms with Crippen molar-refractivity contribution in [3.8, 4) is 5.75 Å². The predicted octanol–water partition coefficient (Wildman–Crippen LogP) is 2.82. The molecule has 0 amide bonds. The fourth-order valence-corrected chi connectivity index (χ4v) is 2.78. The first kappa shape index (κ1) is 17.0. The maximum Gasteiger partial charge on any atom is 0.177 e. The van der Waals surface area contributed by atoms with Gasteiger partial charge in [-0.15, -0.1) is 0 Å². The number of nitrogens with zero attached hydrogens (tertiary/aromatic N) is 1. The molecule has 1 saturated heterocycles. The van der Waals surface area contributed by atoms with Crippen LogP contribution in [0.15, 0.2) is 12.1 Å². The van der Waals surface area contributed by atoms with Crippen LogP contribution in [-0.4, -0.2) is 50.6 Å². The summed E-state index contributed by atoms with van der Waals surface area (Å²) in [7, 11) is 1.68. The van der Waals surface area contributed by atoms with Crippen LogP contribution >= 0.6 is 0 Å². The first-order valence-corrected chi connectivity index (χ1v) is 7.85. The monoisotopic (exact) mass is 305 g/mol. The maximum absolute atomic E-state index is 12.7. The Hall–Kier alpha value is -1.39. The highest BCUT2D eigenvalue weighted by molar-refractivity contribution is 5.99. The fraction of sp³-hybridized carbons (Fsp3) is 0.611. The van der Waals surface area contributed by atoms with Gasteiger partial charge in [0, 0.05) is 24.2 Å². The summed E-state index contributed by atoms with van der Waals surface area (Å²) in [4.78, 5) is 14.8. The Morgan fingerprint density at radius 3 is 2.45 bits per heavy atom. The highest BCUT2D eigenvalue weighted by Gasteiger charge is 2.23. The van der Waals surface area contributed by atoms with Gasteiger partial charge in [0.05, 0.1) is 26.9 Å². The molecule has 4 nitrogen and oxygen atoms in total. The SMILES string of the molecule is COc1cc(C)c(C(=O)CN2CCOCC2)cc1C(C)(C)C.